The average Bonchev–Trinajstić information content (AvgIpc) is 2.78. The van der Waals surface area contributed by atoms with Crippen molar-refractivity contribution < 1.29 is 14.3 Å². The van der Waals surface area contributed by atoms with E-state index in [2.05, 4.69) is 4.98 Å². The van der Waals surface area contributed by atoms with Crippen LogP contribution in [0.2, 0.25) is 0 Å². The van der Waals surface area contributed by atoms with Crippen LogP contribution in [0.3, 0.4) is 0 Å². The molecule has 0 fully saturated rings. The third-order valence-electron chi connectivity index (χ3n) is 4.63. The Labute approximate surface area is 172 Å². The number of pyridine rings is 1. The summed E-state index contributed by atoms with van der Waals surface area (Å²) in [7, 11) is 0. The molecule has 4 aromatic rings. The van der Waals surface area contributed by atoms with E-state index in [9.17, 15) is 14.4 Å². The average molecular weight is 398 g/mol. The van der Waals surface area contributed by atoms with E-state index in [1.807, 2.05) is 19.1 Å². The van der Waals surface area contributed by atoms with Crippen LogP contribution in [-0.2, 0) is 11.3 Å². The number of aromatic nitrogens is 2. The summed E-state index contributed by atoms with van der Waals surface area (Å²) >= 11 is 0. The zero-order chi connectivity index (χ0) is 21.1. The van der Waals surface area contributed by atoms with Crippen molar-refractivity contribution in [2.24, 2.45) is 0 Å². The zero-order valence-electron chi connectivity index (χ0n) is 16.2. The molecule has 148 valence electrons. The van der Waals surface area contributed by atoms with E-state index in [1.54, 1.807) is 60.8 Å². The smallest absolute Gasteiger partial charge is 0.338 e. The summed E-state index contributed by atoms with van der Waals surface area (Å²) in [5, 5.41) is 0. The van der Waals surface area contributed by atoms with Gasteiger partial charge in [-0.25, -0.2) is 9.78 Å². The fraction of sp³-hybridized carbons (Fsp3) is 0.0833. The predicted molar refractivity (Wildman–Crippen MR) is 112 cm³/mol. The molecule has 0 aliphatic rings. The van der Waals surface area contributed by atoms with Crippen LogP contribution in [0.5, 0.6) is 0 Å². The molecule has 0 radical (unpaired) electrons. The highest BCUT2D eigenvalue weighted by Gasteiger charge is 2.12. The highest BCUT2D eigenvalue weighted by Crippen LogP contribution is 2.12. The van der Waals surface area contributed by atoms with Gasteiger partial charge < -0.3 is 4.74 Å². The van der Waals surface area contributed by atoms with Gasteiger partial charge in [0.2, 0.25) is 0 Å². The molecule has 4 rings (SSSR count). The number of rotatable bonds is 5. The molecule has 0 aliphatic heterocycles. The maximum atomic E-state index is 12.4. The molecular formula is C24H18N2O4. The van der Waals surface area contributed by atoms with Gasteiger partial charge in [-0.1, -0.05) is 48.5 Å². The maximum Gasteiger partial charge on any atom is 0.338 e. The lowest BCUT2D eigenvalue weighted by Crippen LogP contribution is -2.17. The number of ether oxygens (including phenoxy) is 1. The van der Waals surface area contributed by atoms with Gasteiger partial charge in [-0.15, -0.1) is 0 Å². The first-order valence-corrected chi connectivity index (χ1v) is 9.37. The minimum absolute atomic E-state index is 0.119. The van der Waals surface area contributed by atoms with E-state index >= 15 is 0 Å². The SMILES string of the molecule is Cc1ccc2nc(COC(=O)c3ccc(C(=O)c4ccccc4)cc3)cc(=O)n2c1. The molecule has 6 heteroatoms. The van der Waals surface area contributed by atoms with Crippen LogP contribution in [0.15, 0.2) is 83.8 Å². The number of carbonyl (C=O) groups excluding carboxylic acids is 2. The molecular weight excluding hydrogens is 380 g/mol. The van der Waals surface area contributed by atoms with Gasteiger partial charge in [0.1, 0.15) is 12.3 Å². The molecule has 30 heavy (non-hydrogen) atoms. The van der Waals surface area contributed by atoms with Crippen molar-refractivity contribution in [1.82, 2.24) is 9.38 Å². The first kappa shape index (κ1) is 19.3. The van der Waals surface area contributed by atoms with Gasteiger partial charge >= 0.3 is 5.97 Å². The first-order chi connectivity index (χ1) is 14.5. The normalized spacial score (nSPS) is 10.7. The van der Waals surface area contributed by atoms with Crippen molar-refractivity contribution in [1.29, 1.82) is 0 Å². The fourth-order valence-electron chi connectivity index (χ4n) is 3.07. The molecule has 0 saturated heterocycles. The Morgan fingerprint density at radius 1 is 0.900 bits per heavy atom. The molecule has 0 atom stereocenters. The summed E-state index contributed by atoms with van der Waals surface area (Å²) in [6.45, 7) is 1.77. The number of fused-ring (bicyclic) bond motifs is 1. The third kappa shape index (κ3) is 4.03. The molecule has 0 aliphatic carbocycles. The van der Waals surface area contributed by atoms with Crippen molar-refractivity contribution in [2.45, 2.75) is 13.5 Å². The van der Waals surface area contributed by atoms with Gasteiger partial charge in [-0.3, -0.25) is 14.0 Å². The molecule has 2 aromatic heterocycles. The molecule has 2 aromatic carbocycles. The van der Waals surface area contributed by atoms with Crippen LogP contribution in [-0.4, -0.2) is 21.1 Å². The fourth-order valence-corrected chi connectivity index (χ4v) is 3.07. The molecule has 0 spiro atoms. The van der Waals surface area contributed by atoms with E-state index in [0.29, 0.717) is 28.0 Å². The number of ketones is 1. The Kier molecular flexibility index (Phi) is 5.22. The number of hydrogen-bond donors (Lipinski definition) is 0. The lowest BCUT2D eigenvalue weighted by Gasteiger charge is -2.07. The summed E-state index contributed by atoms with van der Waals surface area (Å²) in [6.07, 6.45) is 1.71. The lowest BCUT2D eigenvalue weighted by atomic mass is 10.0. The van der Waals surface area contributed by atoms with Crippen LogP contribution in [0.4, 0.5) is 0 Å². The van der Waals surface area contributed by atoms with Crippen LogP contribution in [0.1, 0.15) is 37.5 Å². The highest BCUT2D eigenvalue weighted by molar-refractivity contribution is 6.09. The number of aryl methyl sites for hydroxylation is 1. The molecule has 0 saturated carbocycles. The Morgan fingerprint density at radius 2 is 1.57 bits per heavy atom. The van der Waals surface area contributed by atoms with Crippen molar-refractivity contribution in [3.63, 3.8) is 0 Å². The number of benzene rings is 2. The van der Waals surface area contributed by atoms with Crippen LogP contribution in [0, 0.1) is 6.92 Å². The van der Waals surface area contributed by atoms with Gasteiger partial charge in [0.15, 0.2) is 5.78 Å². The number of carbonyl (C=O) groups is 2. The second-order valence-corrected chi connectivity index (χ2v) is 6.87. The molecule has 0 amide bonds. The Balaban J connectivity index is 1.45. The minimum Gasteiger partial charge on any atom is -0.456 e. The summed E-state index contributed by atoms with van der Waals surface area (Å²) < 4.78 is 6.74. The molecule has 0 unspecified atom stereocenters. The lowest BCUT2D eigenvalue weighted by molar-refractivity contribution is 0.0467. The van der Waals surface area contributed by atoms with E-state index in [0.717, 1.165) is 5.56 Å². The van der Waals surface area contributed by atoms with E-state index in [1.165, 1.54) is 10.5 Å². The number of hydrogen-bond acceptors (Lipinski definition) is 5. The topological polar surface area (TPSA) is 77.7 Å². The van der Waals surface area contributed by atoms with Gasteiger partial charge in [-0.05, 0) is 30.7 Å². The largest absolute Gasteiger partial charge is 0.456 e. The maximum absolute atomic E-state index is 12.4. The van der Waals surface area contributed by atoms with Gasteiger partial charge in [-0.2, -0.15) is 0 Å². The van der Waals surface area contributed by atoms with Gasteiger partial charge in [0, 0.05) is 23.4 Å². The first-order valence-electron chi connectivity index (χ1n) is 9.37. The zero-order valence-corrected chi connectivity index (χ0v) is 16.2. The number of nitrogens with zero attached hydrogens (tertiary/aromatic N) is 2. The second kappa shape index (κ2) is 8.13. The summed E-state index contributed by atoms with van der Waals surface area (Å²) in [4.78, 5) is 41.4. The summed E-state index contributed by atoms with van der Waals surface area (Å²) in [6, 6.07) is 20.1. The monoisotopic (exact) mass is 398 g/mol. The van der Waals surface area contributed by atoms with E-state index in [4.69, 9.17) is 4.74 Å². The molecule has 0 bridgehead atoms. The second-order valence-electron chi connectivity index (χ2n) is 6.87. The summed E-state index contributed by atoms with van der Waals surface area (Å²) in [5.41, 5.74) is 2.94. The predicted octanol–water partition coefficient (Wildman–Crippen LogP) is 3.59. The van der Waals surface area contributed by atoms with Crippen LogP contribution >= 0.6 is 0 Å². The molecule has 2 heterocycles. The van der Waals surface area contributed by atoms with E-state index < -0.39 is 5.97 Å². The van der Waals surface area contributed by atoms with Gasteiger partial charge in [0.25, 0.3) is 5.56 Å². The van der Waals surface area contributed by atoms with Gasteiger partial charge in [0.05, 0.1) is 11.3 Å². The Bertz CT molecular complexity index is 1290. The molecule has 6 nitrogen and oxygen atoms in total. The van der Waals surface area contributed by atoms with Crippen molar-refractivity contribution in [3.8, 4) is 0 Å². The Hall–Kier alpha value is -4.06. The summed E-state index contributed by atoms with van der Waals surface area (Å²) in [5.74, 6) is -0.675. The highest BCUT2D eigenvalue weighted by atomic mass is 16.5. The van der Waals surface area contributed by atoms with Crippen LogP contribution < -0.4 is 5.56 Å². The van der Waals surface area contributed by atoms with Crippen molar-refractivity contribution >= 4 is 17.4 Å². The van der Waals surface area contributed by atoms with Crippen molar-refractivity contribution in [2.75, 3.05) is 0 Å². The van der Waals surface area contributed by atoms with Crippen LogP contribution in [0.25, 0.3) is 5.65 Å². The quantitative estimate of drug-likeness (QED) is 0.379. The number of esters is 1. The van der Waals surface area contributed by atoms with Crippen molar-refractivity contribution in [3.05, 3.63) is 117 Å². The standard InChI is InChI=1S/C24H18N2O4/c1-16-7-12-21-25-20(13-22(27)26(21)14-16)15-30-24(29)19-10-8-18(9-11-19)23(28)17-5-3-2-4-6-17/h2-14H,15H2,1H3. The molecule has 0 N–H and O–H groups in total. The Morgan fingerprint density at radius 3 is 2.30 bits per heavy atom. The third-order valence-corrected chi connectivity index (χ3v) is 4.63. The van der Waals surface area contributed by atoms with E-state index in [-0.39, 0.29) is 17.9 Å². The minimum atomic E-state index is -0.556.